The van der Waals surface area contributed by atoms with Gasteiger partial charge in [-0.1, -0.05) is 5.21 Å². The van der Waals surface area contributed by atoms with Crippen molar-refractivity contribution in [1.29, 1.82) is 0 Å². The van der Waals surface area contributed by atoms with Crippen molar-refractivity contribution in [3.8, 4) is 17.2 Å². The predicted molar refractivity (Wildman–Crippen MR) is 65.4 cm³/mol. The average molecular weight is 259 g/mol. The number of aromatic nitrogens is 3. The van der Waals surface area contributed by atoms with Gasteiger partial charge in [0, 0.05) is 12.0 Å². The zero-order valence-electron chi connectivity index (χ0n) is 10.2. The van der Waals surface area contributed by atoms with Crippen molar-refractivity contribution in [2.75, 3.05) is 6.79 Å². The second-order valence-corrected chi connectivity index (χ2v) is 4.80. The highest BCUT2D eigenvalue weighted by Gasteiger charge is 2.31. The van der Waals surface area contributed by atoms with Gasteiger partial charge < -0.3 is 14.6 Å². The van der Waals surface area contributed by atoms with Gasteiger partial charge in [0.25, 0.3) is 0 Å². The molecule has 0 bridgehead atoms. The van der Waals surface area contributed by atoms with E-state index in [2.05, 4.69) is 10.3 Å². The first kappa shape index (κ1) is 10.8. The third kappa shape index (κ3) is 1.67. The summed E-state index contributed by atoms with van der Waals surface area (Å²) in [5.41, 5.74) is 2.57. The number of rotatable bonds is 3. The molecule has 1 N–H and O–H groups in total. The van der Waals surface area contributed by atoms with Crippen molar-refractivity contribution in [3.63, 3.8) is 0 Å². The number of hydrogen-bond donors (Lipinski definition) is 1. The van der Waals surface area contributed by atoms with Crippen molar-refractivity contribution in [2.45, 2.75) is 25.4 Å². The molecular weight excluding hydrogens is 246 g/mol. The van der Waals surface area contributed by atoms with Crippen molar-refractivity contribution in [2.24, 2.45) is 0 Å². The van der Waals surface area contributed by atoms with Crippen LogP contribution in [-0.4, -0.2) is 26.9 Å². The summed E-state index contributed by atoms with van der Waals surface area (Å²) in [6.45, 7) is 0.184. The highest BCUT2D eigenvalue weighted by atomic mass is 16.7. The Bertz CT molecular complexity index is 634. The monoisotopic (exact) mass is 259 g/mol. The van der Waals surface area contributed by atoms with Gasteiger partial charge in [0.2, 0.25) is 6.79 Å². The molecular formula is C13H13N3O3. The zero-order chi connectivity index (χ0) is 12.8. The van der Waals surface area contributed by atoms with Gasteiger partial charge in [-0.25, -0.2) is 4.68 Å². The Labute approximate surface area is 109 Å². The second-order valence-electron chi connectivity index (χ2n) is 4.80. The first-order valence-electron chi connectivity index (χ1n) is 6.32. The van der Waals surface area contributed by atoms with Crippen LogP contribution in [0.4, 0.5) is 0 Å². The van der Waals surface area contributed by atoms with E-state index in [1.165, 1.54) is 0 Å². The quantitative estimate of drug-likeness (QED) is 0.901. The number of fused-ring (bicyclic) bond motifs is 1. The Balaban J connectivity index is 1.81. The van der Waals surface area contributed by atoms with Crippen LogP contribution in [0.15, 0.2) is 18.2 Å². The molecule has 1 aliphatic heterocycles. The van der Waals surface area contributed by atoms with Gasteiger partial charge in [-0.3, -0.25) is 0 Å². The Morgan fingerprint density at radius 1 is 1.26 bits per heavy atom. The molecule has 0 atom stereocenters. The number of benzene rings is 1. The Hall–Kier alpha value is -2.08. The molecule has 1 aromatic heterocycles. The molecule has 2 aliphatic rings. The van der Waals surface area contributed by atoms with Crippen LogP contribution in [0.25, 0.3) is 5.69 Å². The lowest BCUT2D eigenvalue weighted by atomic mass is 10.2. The molecule has 0 saturated heterocycles. The molecule has 2 aromatic rings. The average Bonchev–Trinajstić information content (AvgIpc) is 3.02. The lowest BCUT2D eigenvalue weighted by Gasteiger charge is -2.07. The number of hydrogen-bond acceptors (Lipinski definition) is 5. The van der Waals surface area contributed by atoms with E-state index in [1.807, 2.05) is 18.2 Å². The molecule has 6 heteroatoms. The van der Waals surface area contributed by atoms with Crippen LogP contribution in [0, 0.1) is 0 Å². The molecule has 6 nitrogen and oxygen atoms in total. The van der Waals surface area contributed by atoms with Crippen molar-refractivity contribution < 1.29 is 14.6 Å². The maximum absolute atomic E-state index is 9.35. The van der Waals surface area contributed by atoms with E-state index in [0.717, 1.165) is 35.7 Å². The van der Waals surface area contributed by atoms with E-state index in [9.17, 15) is 5.11 Å². The van der Waals surface area contributed by atoms with E-state index in [-0.39, 0.29) is 13.4 Å². The Kier molecular flexibility index (Phi) is 2.25. The fourth-order valence-corrected chi connectivity index (χ4v) is 2.41. The predicted octanol–water partition coefficient (Wildman–Crippen LogP) is 1.37. The molecule has 0 spiro atoms. The summed E-state index contributed by atoms with van der Waals surface area (Å²) in [5, 5.41) is 17.6. The molecule has 0 radical (unpaired) electrons. The van der Waals surface area contributed by atoms with Crippen molar-refractivity contribution in [3.05, 3.63) is 29.6 Å². The fourth-order valence-electron chi connectivity index (χ4n) is 2.41. The van der Waals surface area contributed by atoms with Crippen LogP contribution >= 0.6 is 0 Å². The lowest BCUT2D eigenvalue weighted by molar-refractivity contribution is 0.174. The molecule has 1 aromatic carbocycles. The van der Waals surface area contributed by atoms with E-state index in [0.29, 0.717) is 11.6 Å². The third-order valence-electron chi connectivity index (χ3n) is 3.49. The van der Waals surface area contributed by atoms with E-state index < -0.39 is 0 Å². The molecule has 1 aliphatic carbocycles. The molecule has 1 saturated carbocycles. The largest absolute Gasteiger partial charge is 0.454 e. The molecule has 0 unspecified atom stereocenters. The van der Waals surface area contributed by atoms with E-state index in [1.54, 1.807) is 4.68 Å². The van der Waals surface area contributed by atoms with Gasteiger partial charge in [0.05, 0.1) is 18.0 Å². The SMILES string of the molecule is OCc1nnn(-c2ccc3c(c2)OCO3)c1C1CC1. The minimum absolute atomic E-state index is 0.0730. The van der Waals surface area contributed by atoms with Crippen LogP contribution in [0.5, 0.6) is 11.5 Å². The zero-order valence-corrected chi connectivity index (χ0v) is 10.2. The van der Waals surface area contributed by atoms with Crippen LogP contribution in [0.1, 0.15) is 30.1 Å². The normalized spacial score (nSPS) is 16.9. The minimum atomic E-state index is -0.0730. The van der Waals surface area contributed by atoms with Gasteiger partial charge in [-0.05, 0) is 25.0 Å². The Morgan fingerprint density at radius 3 is 2.89 bits per heavy atom. The molecule has 1 fully saturated rings. The number of ether oxygens (including phenoxy) is 2. The van der Waals surface area contributed by atoms with E-state index >= 15 is 0 Å². The van der Waals surface area contributed by atoms with Crippen molar-refractivity contribution >= 4 is 0 Å². The summed E-state index contributed by atoms with van der Waals surface area (Å²) in [6.07, 6.45) is 2.26. The van der Waals surface area contributed by atoms with Gasteiger partial charge in [0.1, 0.15) is 5.69 Å². The summed E-state index contributed by atoms with van der Waals surface area (Å²) < 4.78 is 12.5. The topological polar surface area (TPSA) is 69.4 Å². The summed E-state index contributed by atoms with van der Waals surface area (Å²) in [5.74, 6) is 1.93. The summed E-state index contributed by atoms with van der Waals surface area (Å²) in [6, 6.07) is 5.69. The maximum atomic E-state index is 9.35. The number of aliphatic hydroxyl groups is 1. The minimum Gasteiger partial charge on any atom is -0.454 e. The summed E-state index contributed by atoms with van der Waals surface area (Å²) >= 11 is 0. The second kappa shape index (κ2) is 3.96. The number of aliphatic hydroxyl groups excluding tert-OH is 1. The third-order valence-corrected chi connectivity index (χ3v) is 3.49. The maximum Gasteiger partial charge on any atom is 0.231 e. The molecule has 19 heavy (non-hydrogen) atoms. The number of nitrogens with zero attached hydrogens (tertiary/aromatic N) is 3. The van der Waals surface area contributed by atoms with Gasteiger partial charge >= 0.3 is 0 Å². The molecule has 0 amide bonds. The first-order valence-corrected chi connectivity index (χ1v) is 6.32. The Morgan fingerprint density at radius 2 is 2.11 bits per heavy atom. The van der Waals surface area contributed by atoms with Crippen molar-refractivity contribution in [1.82, 2.24) is 15.0 Å². The van der Waals surface area contributed by atoms with Crippen LogP contribution in [0.3, 0.4) is 0 Å². The molecule has 98 valence electrons. The lowest BCUT2D eigenvalue weighted by Crippen LogP contribution is -2.02. The van der Waals surface area contributed by atoms with Crippen LogP contribution in [-0.2, 0) is 6.61 Å². The highest BCUT2D eigenvalue weighted by molar-refractivity contribution is 5.50. The standard InChI is InChI=1S/C13H13N3O3/c17-6-10-13(8-1-2-8)16(15-14-10)9-3-4-11-12(5-9)19-7-18-11/h3-5,8,17H,1-2,6-7H2. The molecule has 2 heterocycles. The van der Waals surface area contributed by atoms with Gasteiger partial charge in [-0.2, -0.15) is 0 Å². The highest BCUT2D eigenvalue weighted by Crippen LogP contribution is 2.42. The van der Waals surface area contributed by atoms with Gasteiger partial charge in [-0.15, -0.1) is 5.10 Å². The van der Waals surface area contributed by atoms with Crippen LogP contribution in [0.2, 0.25) is 0 Å². The fraction of sp³-hybridized carbons (Fsp3) is 0.385. The van der Waals surface area contributed by atoms with E-state index in [4.69, 9.17) is 9.47 Å². The molecule has 4 rings (SSSR count). The summed E-state index contributed by atoms with van der Waals surface area (Å²) in [4.78, 5) is 0. The van der Waals surface area contributed by atoms with Gasteiger partial charge in [0.15, 0.2) is 11.5 Å². The first-order chi connectivity index (χ1) is 9.36. The smallest absolute Gasteiger partial charge is 0.231 e. The van der Waals surface area contributed by atoms with Crippen LogP contribution < -0.4 is 9.47 Å². The summed E-state index contributed by atoms with van der Waals surface area (Å²) in [7, 11) is 0.